The second-order valence-corrected chi connectivity index (χ2v) is 6.47. The lowest BCUT2D eigenvalue weighted by Crippen LogP contribution is -2.39. The third-order valence-corrected chi connectivity index (χ3v) is 4.49. The van der Waals surface area contributed by atoms with E-state index in [4.69, 9.17) is 5.11 Å². The van der Waals surface area contributed by atoms with Crippen molar-refractivity contribution in [2.45, 2.75) is 32.2 Å². The summed E-state index contributed by atoms with van der Waals surface area (Å²) in [6.45, 7) is 2.98. The van der Waals surface area contributed by atoms with Crippen molar-refractivity contribution >= 4 is 11.9 Å². The maximum absolute atomic E-state index is 12.9. The summed E-state index contributed by atoms with van der Waals surface area (Å²) in [4.78, 5) is 25.0. The molecule has 2 aromatic rings. The van der Waals surface area contributed by atoms with Gasteiger partial charge in [-0.15, -0.1) is 0 Å². The SMILES string of the molecule is CCN(Cc1ccc(C(=O)O)cc1)C(=O)c1ccc(C(C)(O)C(F)(F)F)cc1. The van der Waals surface area contributed by atoms with Gasteiger partial charge in [-0.1, -0.05) is 24.3 Å². The Kier molecular flexibility index (Phi) is 6.14. The number of benzene rings is 2. The van der Waals surface area contributed by atoms with E-state index in [0.29, 0.717) is 13.5 Å². The number of carboxylic acids is 1. The van der Waals surface area contributed by atoms with Crippen LogP contribution in [0.5, 0.6) is 0 Å². The highest BCUT2D eigenvalue weighted by Crippen LogP contribution is 2.38. The van der Waals surface area contributed by atoms with Crippen LogP contribution in [0, 0.1) is 0 Å². The average molecular weight is 395 g/mol. The molecular formula is C20H20F3NO4. The standard InChI is InChI=1S/C20H20F3NO4/c1-3-24(12-13-4-6-15(7-5-13)18(26)27)17(25)14-8-10-16(11-9-14)19(2,28)20(21,22)23/h4-11,28H,3,12H2,1-2H3,(H,26,27). The molecule has 5 nitrogen and oxygen atoms in total. The maximum atomic E-state index is 12.9. The molecule has 0 spiro atoms. The van der Waals surface area contributed by atoms with Gasteiger partial charge in [-0.3, -0.25) is 4.79 Å². The zero-order valence-electron chi connectivity index (χ0n) is 15.3. The Bertz CT molecular complexity index is 843. The van der Waals surface area contributed by atoms with Crippen LogP contribution in [0.3, 0.4) is 0 Å². The van der Waals surface area contributed by atoms with Crippen LogP contribution in [-0.4, -0.2) is 39.7 Å². The minimum Gasteiger partial charge on any atom is -0.478 e. The van der Waals surface area contributed by atoms with E-state index in [1.165, 1.54) is 29.2 Å². The summed E-state index contributed by atoms with van der Waals surface area (Å²) in [6.07, 6.45) is -4.84. The van der Waals surface area contributed by atoms with Gasteiger partial charge >= 0.3 is 12.1 Å². The van der Waals surface area contributed by atoms with Crippen LogP contribution < -0.4 is 0 Å². The van der Waals surface area contributed by atoms with Gasteiger partial charge in [-0.05, 0) is 49.2 Å². The minimum atomic E-state index is -4.84. The number of aliphatic hydroxyl groups is 1. The van der Waals surface area contributed by atoms with E-state index < -0.39 is 17.7 Å². The molecule has 0 aliphatic carbocycles. The van der Waals surface area contributed by atoms with Crippen LogP contribution in [0.4, 0.5) is 13.2 Å². The van der Waals surface area contributed by atoms with E-state index in [2.05, 4.69) is 0 Å². The first-order valence-electron chi connectivity index (χ1n) is 8.48. The van der Waals surface area contributed by atoms with Crippen molar-refractivity contribution < 1.29 is 33.0 Å². The highest BCUT2D eigenvalue weighted by atomic mass is 19.4. The van der Waals surface area contributed by atoms with Crippen molar-refractivity contribution in [3.05, 3.63) is 70.8 Å². The van der Waals surface area contributed by atoms with Crippen molar-refractivity contribution in [2.75, 3.05) is 6.54 Å². The van der Waals surface area contributed by atoms with Crippen LogP contribution in [0.25, 0.3) is 0 Å². The first-order chi connectivity index (χ1) is 13.0. The quantitative estimate of drug-likeness (QED) is 0.780. The third kappa shape index (κ3) is 4.51. The second-order valence-electron chi connectivity index (χ2n) is 6.47. The minimum absolute atomic E-state index is 0.130. The molecule has 1 unspecified atom stereocenters. The lowest BCUT2D eigenvalue weighted by molar-refractivity contribution is -0.258. The van der Waals surface area contributed by atoms with Gasteiger partial charge in [0.15, 0.2) is 5.60 Å². The lowest BCUT2D eigenvalue weighted by atomic mass is 9.94. The third-order valence-electron chi connectivity index (χ3n) is 4.49. The number of carbonyl (C=O) groups is 2. The second kappa shape index (κ2) is 8.02. The van der Waals surface area contributed by atoms with Gasteiger partial charge < -0.3 is 15.1 Å². The Labute approximate surface area is 160 Å². The Morgan fingerprint density at radius 1 is 0.964 bits per heavy atom. The first-order valence-corrected chi connectivity index (χ1v) is 8.48. The van der Waals surface area contributed by atoms with E-state index in [-0.39, 0.29) is 29.1 Å². The molecule has 2 N–H and O–H groups in total. The molecule has 8 heteroatoms. The summed E-state index contributed by atoms with van der Waals surface area (Å²) in [5.74, 6) is -1.44. The first kappa shape index (κ1) is 21.4. The van der Waals surface area contributed by atoms with Gasteiger partial charge in [0.1, 0.15) is 0 Å². The largest absolute Gasteiger partial charge is 0.478 e. The number of alkyl halides is 3. The highest BCUT2D eigenvalue weighted by molar-refractivity contribution is 5.94. The lowest BCUT2D eigenvalue weighted by Gasteiger charge is -2.27. The predicted molar refractivity (Wildman–Crippen MR) is 95.9 cm³/mol. The number of rotatable bonds is 6. The zero-order chi connectivity index (χ0) is 21.1. The number of aromatic carboxylic acids is 1. The smallest absolute Gasteiger partial charge is 0.421 e. The van der Waals surface area contributed by atoms with Gasteiger partial charge in [0.2, 0.25) is 0 Å². The van der Waals surface area contributed by atoms with Crippen molar-refractivity contribution in [3.8, 4) is 0 Å². The van der Waals surface area contributed by atoms with Crippen molar-refractivity contribution in [1.29, 1.82) is 0 Å². The van der Waals surface area contributed by atoms with E-state index >= 15 is 0 Å². The van der Waals surface area contributed by atoms with Gasteiger partial charge in [0.25, 0.3) is 5.91 Å². The number of hydrogen-bond acceptors (Lipinski definition) is 3. The number of halogens is 3. The Morgan fingerprint density at radius 3 is 1.89 bits per heavy atom. The van der Waals surface area contributed by atoms with Crippen LogP contribution >= 0.6 is 0 Å². The van der Waals surface area contributed by atoms with Crippen LogP contribution in [-0.2, 0) is 12.1 Å². The molecule has 0 aromatic heterocycles. The molecular weight excluding hydrogens is 375 g/mol. The molecule has 28 heavy (non-hydrogen) atoms. The van der Waals surface area contributed by atoms with Gasteiger partial charge in [0.05, 0.1) is 5.56 Å². The number of carbonyl (C=O) groups excluding carboxylic acids is 1. The molecule has 0 bridgehead atoms. The number of nitrogens with zero attached hydrogens (tertiary/aromatic N) is 1. The fourth-order valence-electron chi connectivity index (χ4n) is 2.58. The molecule has 0 heterocycles. The Morgan fingerprint density at radius 2 is 1.46 bits per heavy atom. The normalized spacial score (nSPS) is 13.6. The summed E-state index contributed by atoms with van der Waals surface area (Å²) in [5, 5.41) is 18.6. The summed E-state index contributed by atoms with van der Waals surface area (Å²) in [6, 6.07) is 10.7. The molecule has 1 atom stereocenters. The molecule has 2 aromatic carbocycles. The molecule has 1 amide bonds. The summed E-state index contributed by atoms with van der Waals surface area (Å²) >= 11 is 0. The van der Waals surface area contributed by atoms with Crippen molar-refractivity contribution in [2.24, 2.45) is 0 Å². The van der Waals surface area contributed by atoms with Crippen molar-refractivity contribution in [1.82, 2.24) is 4.90 Å². The molecule has 150 valence electrons. The van der Waals surface area contributed by atoms with Crippen molar-refractivity contribution in [3.63, 3.8) is 0 Å². The fraction of sp³-hybridized carbons (Fsp3) is 0.300. The number of amides is 1. The van der Waals surface area contributed by atoms with Crippen LogP contribution in [0.2, 0.25) is 0 Å². The van der Waals surface area contributed by atoms with E-state index in [9.17, 15) is 27.9 Å². The average Bonchev–Trinajstić information content (AvgIpc) is 2.65. The molecule has 0 radical (unpaired) electrons. The molecule has 0 aliphatic heterocycles. The number of carboxylic acid groups (broad SMARTS) is 1. The maximum Gasteiger partial charge on any atom is 0.421 e. The zero-order valence-corrected chi connectivity index (χ0v) is 15.3. The molecule has 0 saturated heterocycles. The predicted octanol–water partition coefficient (Wildman–Crippen LogP) is 3.82. The van der Waals surface area contributed by atoms with Gasteiger partial charge in [-0.25, -0.2) is 4.79 Å². The van der Waals surface area contributed by atoms with Crippen LogP contribution in [0.15, 0.2) is 48.5 Å². The molecule has 0 aliphatic rings. The summed E-state index contributed by atoms with van der Waals surface area (Å²) < 4.78 is 38.8. The Balaban J connectivity index is 2.17. The highest BCUT2D eigenvalue weighted by Gasteiger charge is 2.51. The Hall–Kier alpha value is -2.87. The summed E-state index contributed by atoms with van der Waals surface area (Å²) in [5.41, 5.74) is -2.33. The van der Waals surface area contributed by atoms with Gasteiger partial charge in [0, 0.05) is 18.7 Å². The number of hydrogen-bond donors (Lipinski definition) is 2. The topological polar surface area (TPSA) is 77.8 Å². The summed E-state index contributed by atoms with van der Waals surface area (Å²) in [7, 11) is 0. The van der Waals surface area contributed by atoms with E-state index in [1.54, 1.807) is 19.1 Å². The molecule has 2 rings (SSSR count). The van der Waals surface area contributed by atoms with Crippen LogP contribution in [0.1, 0.15) is 45.7 Å². The monoisotopic (exact) mass is 395 g/mol. The van der Waals surface area contributed by atoms with Gasteiger partial charge in [-0.2, -0.15) is 13.2 Å². The van der Waals surface area contributed by atoms with E-state index in [1.807, 2.05) is 0 Å². The molecule has 0 saturated carbocycles. The molecule has 0 fully saturated rings. The van der Waals surface area contributed by atoms with E-state index in [0.717, 1.165) is 17.7 Å². The fourth-order valence-corrected chi connectivity index (χ4v) is 2.58.